The molecule has 4 amide bonds. The minimum absolute atomic E-state index is 0.0661. The molecule has 11 heteroatoms. The zero-order valence-electron chi connectivity index (χ0n) is 22.2. The predicted molar refractivity (Wildman–Crippen MR) is 147 cm³/mol. The normalized spacial score (nSPS) is 17.6. The van der Waals surface area contributed by atoms with Crippen LogP contribution in [0.5, 0.6) is 0 Å². The highest BCUT2D eigenvalue weighted by Crippen LogP contribution is 2.38. The van der Waals surface area contributed by atoms with Crippen LogP contribution in [0.15, 0.2) is 103 Å². The van der Waals surface area contributed by atoms with Gasteiger partial charge in [-0.1, -0.05) is 48.5 Å². The van der Waals surface area contributed by atoms with E-state index in [2.05, 4.69) is 17.2 Å². The first-order valence-electron chi connectivity index (χ1n) is 13.1. The molecular weight excluding hydrogens is 552 g/mol. The maximum absolute atomic E-state index is 14.1. The molecule has 3 aromatic rings. The van der Waals surface area contributed by atoms with Gasteiger partial charge in [-0.2, -0.15) is 13.2 Å². The van der Waals surface area contributed by atoms with E-state index in [0.717, 1.165) is 17.7 Å². The van der Waals surface area contributed by atoms with E-state index in [1.165, 1.54) is 52.3 Å². The molecule has 0 aromatic heterocycles. The lowest BCUT2D eigenvalue weighted by molar-refractivity contribution is -0.137. The molecule has 0 fully saturated rings. The molecule has 7 nitrogen and oxygen atoms in total. The van der Waals surface area contributed by atoms with Crippen LogP contribution in [0.4, 0.5) is 28.0 Å². The summed E-state index contributed by atoms with van der Waals surface area (Å²) in [5, 5.41) is 5.47. The SMILES string of the molecule is C=CCN1C(=O)N[C@H](c2ccc(C(F)(F)F)cc2)C2=C1CN([C@H](Cc1ccccc1)C(=O)Nc1ccc(F)cc1)C2=O. The van der Waals surface area contributed by atoms with E-state index >= 15 is 0 Å². The maximum Gasteiger partial charge on any atom is 0.416 e. The van der Waals surface area contributed by atoms with Crippen molar-refractivity contribution in [3.63, 3.8) is 0 Å². The predicted octanol–water partition coefficient (Wildman–Crippen LogP) is 5.44. The fraction of sp³-hybridized carbons (Fsp3) is 0.194. The van der Waals surface area contributed by atoms with E-state index in [0.29, 0.717) is 11.4 Å². The lowest BCUT2D eigenvalue weighted by Gasteiger charge is -2.33. The molecule has 3 aromatic carbocycles. The van der Waals surface area contributed by atoms with Crippen molar-refractivity contribution in [2.24, 2.45) is 0 Å². The monoisotopic (exact) mass is 578 g/mol. The van der Waals surface area contributed by atoms with Crippen molar-refractivity contribution in [2.45, 2.75) is 24.7 Å². The highest BCUT2D eigenvalue weighted by molar-refractivity contribution is 6.05. The number of nitrogens with zero attached hydrogens (tertiary/aromatic N) is 2. The summed E-state index contributed by atoms with van der Waals surface area (Å²) in [7, 11) is 0. The zero-order chi connectivity index (χ0) is 30.0. The second-order valence-electron chi connectivity index (χ2n) is 9.90. The number of carbonyl (C=O) groups is 3. The average molecular weight is 579 g/mol. The van der Waals surface area contributed by atoms with Crippen molar-refractivity contribution < 1.29 is 31.9 Å². The van der Waals surface area contributed by atoms with E-state index < -0.39 is 47.5 Å². The highest BCUT2D eigenvalue weighted by Gasteiger charge is 2.47. The summed E-state index contributed by atoms with van der Waals surface area (Å²) >= 11 is 0. The Labute approximate surface area is 239 Å². The van der Waals surface area contributed by atoms with Crippen LogP contribution >= 0.6 is 0 Å². The van der Waals surface area contributed by atoms with Crippen molar-refractivity contribution >= 4 is 23.5 Å². The summed E-state index contributed by atoms with van der Waals surface area (Å²) in [5.41, 5.74) is 1.01. The Balaban J connectivity index is 1.51. The van der Waals surface area contributed by atoms with Crippen LogP contribution in [-0.4, -0.2) is 46.8 Å². The molecule has 0 unspecified atom stereocenters. The van der Waals surface area contributed by atoms with Crippen LogP contribution in [0.3, 0.4) is 0 Å². The van der Waals surface area contributed by atoms with Gasteiger partial charge in [0.2, 0.25) is 5.91 Å². The molecule has 2 aliphatic heterocycles. The molecule has 0 radical (unpaired) electrons. The van der Waals surface area contributed by atoms with Crippen LogP contribution in [0, 0.1) is 5.82 Å². The highest BCUT2D eigenvalue weighted by atomic mass is 19.4. The number of amides is 4. The van der Waals surface area contributed by atoms with Crippen molar-refractivity contribution in [1.29, 1.82) is 0 Å². The molecule has 0 aliphatic carbocycles. The first-order chi connectivity index (χ1) is 20.1. The van der Waals surface area contributed by atoms with Gasteiger partial charge in [0.15, 0.2) is 0 Å². The number of carbonyl (C=O) groups excluding carboxylic acids is 3. The number of nitrogens with one attached hydrogen (secondary N) is 2. The number of benzene rings is 3. The van der Waals surface area contributed by atoms with Gasteiger partial charge in [-0.15, -0.1) is 6.58 Å². The minimum atomic E-state index is -4.55. The van der Waals surface area contributed by atoms with Gasteiger partial charge in [-0.05, 0) is 47.5 Å². The number of halogens is 4. The Morgan fingerprint density at radius 3 is 2.31 bits per heavy atom. The smallest absolute Gasteiger partial charge is 0.326 e. The van der Waals surface area contributed by atoms with Crippen molar-refractivity contribution in [1.82, 2.24) is 15.1 Å². The van der Waals surface area contributed by atoms with Crippen LogP contribution in [0.1, 0.15) is 22.7 Å². The lowest BCUT2D eigenvalue weighted by atomic mass is 9.94. The van der Waals surface area contributed by atoms with Crippen LogP contribution in [0.25, 0.3) is 0 Å². The first kappa shape index (κ1) is 28.6. The van der Waals surface area contributed by atoms with Gasteiger partial charge in [0.05, 0.1) is 29.4 Å². The number of hydrogen-bond donors (Lipinski definition) is 2. The van der Waals surface area contributed by atoms with Crippen LogP contribution in [0.2, 0.25) is 0 Å². The fourth-order valence-corrected chi connectivity index (χ4v) is 5.14. The summed E-state index contributed by atoms with van der Waals surface area (Å²) < 4.78 is 53.0. The molecule has 216 valence electrons. The molecular formula is C31H26F4N4O3. The van der Waals surface area contributed by atoms with Gasteiger partial charge in [-0.3, -0.25) is 14.5 Å². The van der Waals surface area contributed by atoms with Crippen molar-refractivity contribution in [3.8, 4) is 0 Å². The van der Waals surface area contributed by atoms with E-state index in [4.69, 9.17) is 0 Å². The topological polar surface area (TPSA) is 81.8 Å². The van der Waals surface area contributed by atoms with Gasteiger partial charge < -0.3 is 15.5 Å². The van der Waals surface area contributed by atoms with Gasteiger partial charge in [0, 0.05) is 18.7 Å². The average Bonchev–Trinajstić information content (AvgIpc) is 3.31. The van der Waals surface area contributed by atoms with Crippen molar-refractivity contribution in [3.05, 3.63) is 125 Å². The zero-order valence-corrected chi connectivity index (χ0v) is 22.2. The molecule has 2 heterocycles. The van der Waals surface area contributed by atoms with E-state index in [1.807, 2.05) is 18.2 Å². The Bertz CT molecular complexity index is 1540. The fourth-order valence-electron chi connectivity index (χ4n) is 5.14. The third-order valence-corrected chi connectivity index (χ3v) is 7.20. The maximum atomic E-state index is 14.1. The molecule has 0 saturated carbocycles. The first-order valence-corrected chi connectivity index (χ1v) is 13.1. The quantitative estimate of drug-likeness (QED) is 0.276. The number of anilines is 1. The van der Waals surface area contributed by atoms with Gasteiger partial charge in [0.1, 0.15) is 11.9 Å². The van der Waals surface area contributed by atoms with E-state index in [-0.39, 0.29) is 30.6 Å². The van der Waals surface area contributed by atoms with Gasteiger partial charge >= 0.3 is 12.2 Å². The Morgan fingerprint density at radius 2 is 1.69 bits per heavy atom. The Hall–Kier alpha value is -4.93. The standard InChI is InChI=1S/C31H26F4N4O3/c1-2-16-38-25-18-39(24(17-19-6-4-3-5-7-19)28(40)36-23-14-12-22(32)13-15-23)29(41)26(25)27(37-30(38)42)20-8-10-21(11-9-20)31(33,34)35/h2-15,24,27H,1,16-18H2,(H,36,40)(H,37,42)/t24-,27-/m1/s1. The Morgan fingerprint density at radius 1 is 1.02 bits per heavy atom. The van der Waals surface area contributed by atoms with Crippen molar-refractivity contribution in [2.75, 3.05) is 18.4 Å². The largest absolute Gasteiger partial charge is 0.416 e. The van der Waals surface area contributed by atoms with E-state index in [9.17, 15) is 31.9 Å². The molecule has 5 rings (SSSR count). The third kappa shape index (κ3) is 5.76. The summed E-state index contributed by atoms with van der Waals surface area (Å²) in [6, 6.07) is 15.8. The number of hydrogen-bond acceptors (Lipinski definition) is 3. The lowest BCUT2D eigenvalue weighted by Crippen LogP contribution is -2.47. The molecule has 2 N–H and O–H groups in total. The Kier molecular flexibility index (Phi) is 7.84. The molecule has 2 aliphatic rings. The third-order valence-electron chi connectivity index (χ3n) is 7.20. The van der Waals surface area contributed by atoms with Gasteiger partial charge in [-0.25, -0.2) is 9.18 Å². The van der Waals surface area contributed by atoms with Gasteiger partial charge in [0.25, 0.3) is 5.91 Å². The second-order valence-corrected chi connectivity index (χ2v) is 9.90. The molecule has 42 heavy (non-hydrogen) atoms. The number of rotatable bonds is 8. The van der Waals surface area contributed by atoms with Crippen LogP contribution in [-0.2, 0) is 22.2 Å². The molecule has 0 bridgehead atoms. The van der Waals surface area contributed by atoms with Crippen LogP contribution < -0.4 is 10.6 Å². The summed E-state index contributed by atoms with van der Waals surface area (Å²) in [6.45, 7) is 3.65. The van der Waals surface area contributed by atoms with E-state index in [1.54, 1.807) is 12.1 Å². The summed E-state index contributed by atoms with van der Waals surface area (Å²) in [6.07, 6.45) is -2.94. The molecule has 0 spiro atoms. The number of alkyl halides is 3. The second kappa shape index (κ2) is 11.5. The molecule has 2 atom stereocenters. The minimum Gasteiger partial charge on any atom is -0.326 e. The summed E-state index contributed by atoms with van der Waals surface area (Å²) in [5.74, 6) is -1.55. The number of urea groups is 1. The molecule has 0 saturated heterocycles. The summed E-state index contributed by atoms with van der Waals surface area (Å²) in [4.78, 5) is 43.6.